The highest BCUT2D eigenvalue weighted by Crippen LogP contribution is 2.66. The summed E-state index contributed by atoms with van der Waals surface area (Å²) in [6.07, 6.45) is 11.4. The van der Waals surface area contributed by atoms with Gasteiger partial charge in [0.05, 0.1) is 6.10 Å². The van der Waals surface area contributed by atoms with E-state index < -0.39 is 0 Å². The van der Waals surface area contributed by atoms with E-state index >= 15 is 0 Å². The van der Waals surface area contributed by atoms with Gasteiger partial charge >= 0.3 is 0 Å². The van der Waals surface area contributed by atoms with E-state index in [9.17, 15) is 9.90 Å². The molecule has 0 amide bonds. The molecule has 3 fully saturated rings. The molecule has 4 rings (SSSR count). The topological polar surface area (TPSA) is 37.3 Å². The third-order valence-corrected chi connectivity index (χ3v) is 8.58. The normalized spacial score (nSPS) is 52.2. The minimum Gasteiger partial charge on any atom is -0.389 e. The fourth-order valence-electron chi connectivity index (χ4n) is 7.38. The monoisotopic (exact) mass is 316 g/mol. The Morgan fingerprint density at radius 1 is 1.09 bits per heavy atom. The first kappa shape index (κ1) is 15.9. The van der Waals surface area contributed by atoms with Crippen LogP contribution in [0.5, 0.6) is 0 Å². The van der Waals surface area contributed by atoms with Crippen LogP contribution in [0.4, 0.5) is 0 Å². The van der Waals surface area contributed by atoms with E-state index in [0.717, 1.165) is 37.0 Å². The summed E-state index contributed by atoms with van der Waals surface area (Å²) in [5.74, 6) is 3.07. The van der Waals surface area contributed by atoms with E-state index in [0.29, 0.717) is 17.1 Å². The van der Waals surface area contributed by atoms with Crippen molar-refractivity contribution in [3.8, 4) is 0 Å². The van der Waals surface area contributed by atoms with Crippen LogP contribution in [0.2, 0.25) is 0 Å². The van der Waals surface area contributed by atoms with Crippen LogP contribution in [-0.4, -0.2) is 17.0 Å². The van der Waals surface area contributed by atoms with Crippen molar-refractivity contribution in [2.24, 2.45) is 34.5 Å². The van der Waals surface area contributed by atoms with Crippen LogP contribution in [-0.2, 0) is 4.79 Å². The highest BCUT2D eigenvalue weighted by Gasteiger charge is 2.59. The second kappa shape index (κ2) is 5.18. The summed E-state index contributed by atoms with van der Waals surface area (Å²) < 4.78 is 0. The number of hydrogen-bond donors (Lipinski definition) is 1. The summed E-state index contributed by atoms with van der Waals surface area (Å²) in [4.78, 5) is 12.2. The maximum Gasteiger partial charge on any atom is 0.133 e. The molecular weight excluding hydrogens is 284 g/mol. The summed E-state index contributed by atoms with van der Waals surface area (Å²) >= 11 is 0. The fourth-order valence-corrected chi connectivity index (χ4v) is 7.38. The lowest BCUT2D eigenvalue weighted by Gasteiger charge is -2.58. The van der Waals surface area contributed by atoms with Gasteiger partial charge in [-0.2, -0.15) is 0 Å². The largest absolute Gasteiger partial charge is 0.389 e. The van der Waals surface area contributed by atoms with Gasteiger partial charge in [0.15, 0.2) is 0 Å². The van der Waals surface area contributed by atoms with Crippen molar-refractivity contribution in [1.29, 1.82) is 0 Å². The molecule has 0 saturated heterocycles. The van der Waals surface area contributed by atoms with Gasteiger partial charge in [0.1, 0.15) is 5.78 Å². The van der Waals surface area contributed by atoms with E-state index in [4.69, 9.17) is 0 Å². The molecular formula is C21H32O2. The van der Waals surface area contributed by atoms with Crippen molar-refractivity contribution in [3.63, 3.8) is 0 Å². The third kappa shape index (κ3) is 2.13. The molecule has 128 valence electrons. The minimum absolute atomic E-state index is 0.211. The van der Waals surface area contributed by atoms with Crippen LogP contribution >= 0.6 is 0 Å². The van der Waals surface area contributed by atoms with Crippen molar-refractivity contribution >= 4 is 5.78 Å². The maximum absolute atomic E-state index is 12.2. The number of carbonyl (C=O) groups excluding carboxylic acids is 1. The number of hydrogen-bond acceptors (Lipinski definition) is 2. The number of aliphatic hydroxyl groups is 1. The van der Waals surface area contributed by atoms with Crippen molar-refractivity contribution in [3.05, 3.63) is 11.6 Å². The molecule has 4 aliphatic carbocycles. The Morgan fingerprint density at radius 2 is 1.87 bits per heavy atom. The summed E-state index contributed by atoms with van der Waals surface area (Å²) in [6.45, 7) is 6.71. The van der Waals surface area contributed by atoms with Gasteiger partial charge in [-0.25, -0.2) is 0 Å². The first-order chi connectivity index (χ1) is 10.9. The second-order valence-corrected chi connectivity index (χ2v) is 9.42. The number of rotatable bonds is 1. The highest BCUT2D eigenvalue weighted by atomic mass is 16.3. The molecule has 4 aliphatic rings. The van der Waals surface area contributed by atoms with E-state index in [2.05, 4.69) is 19.9 Å². The number of fused-ring (bicyclic) bond motifs is 5. The predicted molar refractivity (Wildman–Crippen MR) is 91.9 cm³/mol. The summed E-state index contributed by atoms with van der Waals surface area (Å²) in [6, 6.07) is 0. The van der Waals surface area contributed by atoms with Crippen LogP contribution < -0.4 is 0 Å². The first-order valence-electron chi connectivity index (χ1n) is 9.76. The van der Waals surface area contributed by atoms with Crippen LogP contribution in [0.1, 0.15) is 72.1 Å². The smallest absolute Gasteiger partial charge is 0.133 e. The Balaban J connectivity index is 1.66. The Labute approximate surface area is 140 Å². The standard InChI is InChI=1S/C21H32O2/c1-13(22)17-6-7-18-16-5-4-14-12-15(23)8-10-20(14,2)19(16)9-11-21(17,18)3/h12,15-19,23H,4-11H2,1-3H3/t15-,16?,17+,18?,19?,20?,21+/m0/s1. The number of Topliss-reactive ketones (excluding diaryl/α,β-unsaturated/α-hetero) is 1. The zero-order valence-corrected chi connectivity index (χ0v) is 15.0. The second-order valence-electron chi connectivity index (χ2n) is 9.42. The Bertz CT molecular complexity index is 550. The van der Waals surface area contributed by atoms with Gasteiger partial charge < -0.3 is 5.11 Å². The molecule has 2 nitrogen and oxygen atoms in total. The molecule has 0 spiro atoms. The van der Waals surface area contributed by atoms with Gasteiger partial charge in [-0.3, -0.25) is 4.79 Å². The molecule has 0 aromatic heterocycles. The van der Waals surface area contributed by atoms with E-state index in [1.807, 2.05) is 6.92 Å². The maximum atomic E-state index is 12.2. The number of aliphatic hydroxyl groups excluding tert-OH is 1. The molecule has 2 heteroatoms. The number of carbonyl (C=O) groups is 1. The zero-order chi connectivity index (χ0) is 16.4. The lowest BCUT2D eigenvalue weighted by Crippen LogP contribution is -2.51. The van der Waals surface area contributed by atoms with E-state index in [1.54, 1.807) is 5.57 Å². The molecule has 0 aliphatic heterocycles. The molecule has 0 bridgehead atoms. The van der Waals surface area contributed by atoms with Crippen molar-refractivity contribution in [1.82, 2.24) is 0 Å². The first-order valence-corrected chi connectivity index (χ1v) is 9.76. The highest BCUT2D eigenvalue weighted by molar-refractivity contribution is 5.79. The fraction of sp³-hybridized carbons (Fsp3) is 0.857. The van der Waals surface area contributed by atoms with Gasteiger partial charge in [0.25, 0.3) is 0 Å². The van der Waals surface area contributed by atoms with Gasteiger partial charge in [0.2, 0.25) is 0 Å². The molecule has 23 heavy (non-hydrogen) atoms. The summed E-state index contributed by atoms with van der Waals surface area (Å²) in [5, 5.41) is 10.0. The Kier molecular flexibility index (Phi) is 3.58. The molecule has 0 aromatic rings. The van der Waals surface area contributed by atoms with E-state index in [1.165, 1.54) is 32.1 Å². The van der Waals surface area contributed by atoms with Crippen molar-refractivity contribution < 1.29 is 9.90 Å². The predicted octanol–water partition coefficient (Wildman–Crippen LogP) is 4.52. The average molecular weight is 316 g/mol. The van der Waals surface area contributed by atoms with Crippen LogP contribution in [0.25, 0.3) is 0 Å². The van der Waals surface area contributed by atoms with Gasteiger partial charge in [-0.1, -0.05) is 25.5 Å². The molecule has 0 radical (unpaired) electrons. The van der Waals surface area contributed by atoms with Crippen molar-refractivity contribution in [2.45, 2.75) is 78.2 Å². The zero-order valence-electron chi connectivity index (χ0n) is 15.0. The summed E-state index contributed by atoms with van der Waals surface area (Å²) in [7, 11) is 0. The molecule has 3 saturated carbocycles. The molecule has 7 atom stereocenters. The van der Waals surface area contributed by atoms with E-state index in [-0.39, 0.29) is 11.5 Å². The quantitative estimate of drug-likeness (QED) is 0.722. The third-order valence-electron chi connectivity index (χ3n) is 8.58. The number of allylic oxidation sites excluding steroid dienone is 1. The molecule has 0 aromatic carbocycles. The van der Waals surface area contributed by atoms with Gasteiger partial charge in [0, 0.05) is 5.92 Å². The minimum atomic E-state index is -0.211. The number of ketones is 1. The average Bonchev–Trinajstić information content (AvgIpc) is 2.85. The van der Waals surface area contributed by atoms with Crippen LogP contribution in [0.3, 0.4) is 0 Å². The lowest BCUT2D eigenvalue weighted by molar-refractivity contribution is -0.127. The molecule has 4 unspecified atom stereocenters. The molecule has 0 heterocycles. The van der Waals surface area contributed by atoms with Crippen molar-refractivity contribution in [2.75, 3.05) is 0 Å². The van der Waals surface area contributed by atoms with Crippen LogP contribution in [0, 0.1) is 34.5 Å². The SMILES string of the molecule is CC(=O)[C@H]1CCC2C3CCC4=C[C@@H](O)CCC4(C)C3CC[C@@]21C. The summed E-state index contributed by atoms with van der Waals surface area (Å²) in [5.41, 5.74) is 2.12. The molecule has 1 N–H and O–H groups in total. The Morgan fingerprint density at radius 3 is 2.61 bits per heavy atom. The lowest BCUT2D eigenvalue weighted by atomic mass is 9.46. The van der Waals surface area contributed by atoms with Gasteiger partial charge in [-0.15, -0.1) is 0 Å². The van der Waals surface area contributed by atoms with Gasteiger partial charge in [-0.05, 0) is 86.9 Å². The Hall–Kier alpha value is -0.630. The van der Waals surface area contributed by atoms with Crippen LogP contribution in [0.15, 0.2) is 11.6 Å².